The third-order valence-corrected chi connectivity index (χ3v) is 8.44. The highest BCUT2D eigenvalue weighted by atomic mass is 31.2. The molecular weight excluding hydrogens is 599 g/mol. The summed E-state index contributed by atoms with van der Waals surface area (Å²) in [4.78, 5) is 45.7. The average Bonchev–Trinajstić information content (AvgIpc) is 2.95. The van der Waals surface area contributed by atoms with Crippen molar-refractivity contribution in [2.45, 2.75) is 148 Å². The van der Waals surface area contributed by atoms with Gasteiger partial charge in [-0.25, -0.2) is 4.57 Å². The summed E-state index contributed by atoms with van der Waals surface area (Å²) in [7, 11) is 1.39. The van der Waals surface area contributed by atoms with Crippen LogP contribution in [0.4, 0.5) is 0 Å². The van der Waals surface area contributed by atoms with Gasteiger partial charge in [0, 0.05) is 19.3 Å². The molecule has 0 saturated carbocycles. The van der Waals surface area contributed by atoms with Crippen molar-refractivity contribution < 1.29 is 46.8 Å². The molecule has 0 fully saturated rings. The molecule has 0 spiro atoms. The molecule has 0 saturated heterocycles. The smallest absolute Gasteiger partial charge is 0.462 e. The van der Waals surface area contributed by atoms with Crippen LogP contribution in [0.1, 0.15) is 142 Å². The number of nitrogens with zero attached hydrogens (tertiary/aromatic N) is 1. The van der Waals surface area contributed by atoms with Gasteiger partial charge in [0.1, 0.15) is 19.8 Å². The van der Waals surface area contributed by atoms with Crippen molar-refractivity contribution in [2.24, 2.45) is 5.73 Å². The summed E-state index contributed by atoms with van der Waals surface area (Å²) in [5.41, 5.74) is 5.14. The SMILES string of the molecule is CCCCCCCCCCCCCCCC(=O)OCC(COP(=O)(O)OCC[N+](C)(C)C)OC(=O)CCCCCCCC(N)=O. The molecule has 0 aliphatic heterocycles. The molecule has 1 amide bonds. The largest absolute Gasteiger partial charge is 0.472 e. The van der Waals surface area contributed by atoms with Crippen LogP contribution in [-0.2, 0) is 37.5 Å². The molecule has 266 valence electrons. The van der Waals surface area contributed by atoms with E-state index >= 15 is 0 Å². The third-order valence-electron chi connectivity index (χ3n) is 7.46. The van der Waals surface area contributed by atoms with Gasteiger partial charge in [-0.15, -0.1) is 0 Å². The lowest BCUT2D eigenvalue weighted by Crippen LogP contribution is -2.37. The first-order valence-electron chi connectivity index (χ1n) is 17.4. The van der Waals surface area contributed by atoms with Crippen LogP contribution in [0.2, 0.25) is 0 Å². The van der Waals surface area contributed by atoms with Gasteiger partial charge in [0.25, 0.3) is 0 Å². The van der Waals surface area contributed by atoms with E-state index in [0.29, 0.717) is 23.9 Å². The Kier molecular flexibility index (Phi) is 26.6. The van der Waals surface area contributed by atoms with Crippen molar-refractivity contribution in [1.82, 2.24) is 0 Å². The first-order chi connectivity index (χ1) is 21.3. The maximum absolute atomic E-state index is 12.4. The number of rotatable bonds is 32. The van der Waals surface area contributed by atoms with Crippen LogP contribution < -0.4 is 5.73 Å². The van der Waals surface area contributed by atoms with E-state index in [0.717, 1.165) is 44.9 Å². The molecule has 0 aromatic rings. The van der Waals surface area contributed by atoms with Crippen LogP contribution >= 0.6 is 7.82 Å². The minimum atomic E-state index is -4.39. The second-order valence-electron chi connectivity index (χ2n) is 13.1. The van der Waals surface area contributed by atoms with E-state index in [4.69, 9.17) is 24.3 Å². The third kappa shape index (κ3) is 32.2. The number of likely N-dealkylation sites (N-methyl/N-ethyl adjacent to an activating group) is 1. The molecule has 0 aromatic carbocycles. The molecule has 12 heteroatoms. The summed E-state index contributed by atoms with van der Waals surface area (Å²) in [5.74, 6) is -1.23. The van der Waals surface area contributed by atoms with Crippen molar-refractivity contribution in [2.75, 3.05) is 47.5 Å². The fourth-order valence-electron chi connectivity index (χ4n) is 4.65. The molecule has 0 radical (unpaired) electrons. The lowest BCUT2D eigenvalue weighted by molar-refractivity contribution is -0.870. The van der Waals surface area contributed by atoms with Crippen molar-refractivity contribution in [1.29, 1.82) is 0 Å². The van der Waals surface area contributed by atoms with E-state index in [1.807, 2.05) is 21.1 Å². The molecule has 0 aliphatic rings. The predicted octanol–water partition coefficient (Wildman–Crippen LogP) is 6.98. The number of quaternary nitrogens is 1. The van der Waals surface area contributed by atoms with Crippen molar-refractivity contribution in [3.8, 4) is 0 Å². The zero-order chi connectivity index (χ0) is 33.8. The van der Waals surface area contributed by atoms with Crippen LogP contribution in [0.25, 0.3) is 0 Å². The number of nitrogens with two attached hydrogens (primary N) is 1. The number of carbonyl (C=O) groups excluding carboxylic acids is 3. The van der Waals surface area contributed by atoms with E-state index in [9.17, 15) is 23.8 Å². The van der Waals surface area contributed by atoms with Crippen LogP contribution in [0.5, 0.6) is 0 Å². The minimum absolute atomic E-state index is 0.00921. The summed E-state index contributed by atoms with van der Waals surface area (Å²) in [6.45, 7) is 2.03. The Bertz CT molecular complexity index is 820. The molecule has 0 rings (SSSR count). The number of amides is 1. The number of hydrogen-bond acceptors (Lipinski definition) is 8. The summed E-state index contributed by atoms with van der Waals surface area (Å²) < 4.78 is 33.8. The summed E-state index contributed by atoms with van der Waals surface area (Å²) in [6.07, 6.45) is 19.3. The Morgan fingerprint density at radius 1 is 0.667 bits per heavy atom. The molecule has 0 heterocycles. The summed E-state index contributed by atoms with van der Waals surface area (Å²) in [5, 5.41) is 0. The molecule has 0 bridgehead atoms. The number of hydrogen-bond donors (Lipinski definition) is 2. The number of phosphoric ester groups is 1. The van der Waals surface area contributed by atoms with Gasteiger partial charge < -0.3 is 24.6 Å². The first kappa shape index (κ1) is 43.5. The van der Waals surface area contributed by atoms with Gasteiger partial charge in [0.15, 0.2) is 6.10 Å². The molecule has 0 aromatic heterocycles. The molecule has 2 unspecified atom stereocenters. The summed E-state index contributed by atoms with van der Waals surface area (Å²) in [6, 6.07) is 0. The van der Waals surface area contributed by atoms with E-state index in [1.54, 1.807) is 0 Å². The minimum Gasteiger partial charge on any atom is -0.462 e. The number of phosphoric acid groups is 1. The fraction of sp³-hybridized carbons (Fsp3) is 0.909. The van der Waals surface area contributed by atoms with Gasteiger partial charge >= 0.3 is 19.8 Å². The van der Waals surface area contributed by atoms with Gasteiger partial charge in [-0.3, -0.25) is 23.4 Å². The molecule has 2 atom stereocenters. The van der Waals surface area contributed by atoms with Gasteiger partial charge in [-0.05, 0) is 19.3 Å². The second kappa shape index (κ2) is 27.6. The Balaban J connectivity index is 4.42. The van der Waals surface area contributed by atoms with Crippen molar-refractivity contribution in [3.63, 3.8) is 0 Å². The van der Waals surface area contributed by atoms with E-state index in [2.05, 4.69) is 6.92 Å². The molecular formula is C33H66N2O9P+. The van der Waals surface area contributed by atoms with Gasteiger partial charge in [0.05, 0.1) is 27.7 Å². The van der Waals surface area contributed by atoms with Crippen LogP contribution in [0, 0.1) is 0 Å². The van der Waals surface area contributed by atoms with Gasteiger partial charge in [0.2, 0.25) is 5.91 Å². The van der Waals surface area contributed by atoms with Gasteiger partial charge in [-0.2, -0.15) is 0 Å². The lowest BCUT2D eigenvalue weighted by atomic mass is 10.0. The number of esters is 2. The highest BCUT2D eigenvalue weighted by Gasteiger charge is 2.27. The van der Waals surface area contributed by atoms with E-state index < -0.39 is 32.5 Å². The number of primary amides is 1. The normalized spacial score (nSPS) is 13.7. The fourth-order valence-corrected chi connectivity index (χ4v) is 5.39. The predicted molar refractivity (Wildman–Crippen MR) is 177 cm³/mol. The monoisotopic (exact) mass is 665 g/mol. The number of ether oxygens (including phenoxy) is 2. The Morgan fingerprint density at radius 2 is 1.11 bits per heavy atom. The zero-order valence-electron chi connectivity index (χ0n) is 28.9. The standard InChI is InChI=1S/C33H65N2O9P/c1-5-6-7-8-9-10-11-12-13-14-15-18-21-24-32(37)41-28-30(29-43-45(39,40)42-27-26-35(2,3)4)44-33(38)25-22-19-16-17-20-23-31(34)36/h30H,5-29H2,1-4H3,(H2-,34,36,39,40)/p+1. The van der Waals surface area contributed by atoms with Crippen LogP contribution in [0.15, 0.2) is 0 Å². The maximum Gasteiger partial charge on any atom is 0.472 e. The topological polar surface area (TPSA) is 151 Å². The van der Waals surface area contributed by atoms with E-state index in [-0.39, 0.29) is 32.0 Å². The maximum atomic E-state index is 12.4. The van der Waals surface area contributed by atoms with Crippen molar-refractivity contribution in [3.05, 3.63) is 0 Å². The number of carbonyl (C=O) groups is 3. The van der Waals surface area contributed by atoms with Crippen LogP contribution in [-0.4, -0.2) is 80.8 Å². The molecule has 45 heavy (non-hydrogen) atoms. The molecule has 3 N–H and O–H groups in total. The molecule has 0 aliphatic carbocycles. The Morgan fingerprint density at radius 3 is 1.58 bits per heavy atom. The van der Waals surface area contributed by atoms with Crippen LogP contribution in [0.3, 0.4) is 0 Å². The highest BCUT2D eigenvalue weighted by Crippen LogP contribution is 2.43. The first-order valence-corrected chi connectivity index (χ1v) is 18.9. The average molecular weight is 666 g/mol. The highest BCUT2D eigenvalue weighted by molar-refractivity contribution is 7.47. The Labute approximate surface area is 273 Å². The number of unbranched alkanes of at least 4 members (excludes halogenated alkanes) is 16. The van der Waals surface area contributed by atoms with Crippen molar-refractivity contribution >= 4 is 25.7 Å². The second-order valence-corrected chi connectivity index (χ2v) is 14.6. The van der Waals surface area contributed by atoms with Gasteiger partial charge in [-0.1, -0.05) is 103 Å². The summed E-state index contributed by atoms with van der Waals surface area (Å²) >= 11 is 0. The quantitative estimate of drug-likeness (QED) is 0.0336. The molecule has 11 nitrogen and oxygen atoms in total. The zero-order valence-corrected chi connectivity index (χ0v) is 29.8. The Hall–Kier alpha value is -1.52. The van der Waals surface area contributed by atoms with E-state index in [1.165, 1.54) is 64.2 Å². The lowest BCUT2D eigenvalue weighted by Gasteiger charge is -2.24.